The van der Waals surface area contributed by atoms with Gasteiger partial charge in [-0.25, -0.2) is 8.78 Å². The van der Waals surface area contributed by atoms with Crippen LogP contribution in [0.25, 0.3) is 10.2 Å². The van der Waals surface area contributed by atoms with Crippen LogP contribution in [0.3, 0.4) is 0 Å². The molecule has 0 unspecified atom stereocenters. The topological polar surface area (TPSA) is 74.0 Å². The number of amides is 2. The van der Waals surface area contributed by atoms with Crippen LogP contribution in [0.5, 0.6) is 0 Å². The van der Waals surface area contributed by atoms with E-state index in [1.807, 2.05) is 0 Å². The summed E-state index contributed by atoms with van der Waals surface area (Å²) in [6, 6.07) is 5.95. The third kappa shape index (κ3) is 3.17. The Kier molecular flexibility index (Phi) is 4.01. The van der Waals surface area contributed by atoms with Crippen LogP contribution in [0.4, 0.5) is 8.78 Å². The molecule has 0 aliphatic carbocycles. The third-order valence-electron chi connectivity index (χ3n) is 2.99. The van der Waals surface area contributed by atoms with E-state index in [0.717, 1.165) is 28.4 Å². The summed E-state index contributed by atoms with van der Waals surface area (Å²) in [5, 5.41) is 0.775. The summed E-state index contributed by atoms with van der Waals surface area (Å²) in [5.41, 5.74) is 4.41. The highest BCUT2D eigenvalue weighted by Gasteiger charge is 2.14. The van der Waals surface area contributed by atoms with Crippen molar-refractivity contribution in [2.45, 2.75) is 0 Å². The molecule has 0 saturated carbocycles. The lowest BCUT2D eigenvalue weighted by Crippen LogP contribution is -2.41. The number of carbonyl (C=O) groups is 2. The second-order valence-electron chi connectivity index (χ2n) is 4.56. The number of hydrogen-bond donors (Lipinski definition) is 3. The van der Waals surface area contributed by atoms with Crippen molar-refractivity contribution in [3.8, 4) is 0 Å². The highest BCUT2D eigenvalue weighted by Crippen LogP contribution is 2.29. The number of thiophene rings is 1. The maximum atomic E-state index is 13.1. The van der Waals surface area contributed by atoms with Crippen LogP contribution in [0, 0.1) is 11.6 Å². The van der Waals surface area contributed by atoms with Crippen LogP contribution >= 0.6 is 22.9 Å². The molecule has 2 amide bonds. The fourth-order valence-electron chi connectivity index (χ4n) is 1.91. The number of benzene rings is 1. The summed E-state index contributed by atoms with van der Waals surface area (Å²) >= 11 is 7.11. The molecule has 0 saturated heterocycles. The van der Waals surface area contributed by atoms with Crippen molar-refractivity contribution in [2.24, 2.45) is 0 Å². The average Bonchev–Trinajstić information content (AvgIpc) is 3.04. The molecule has 3 rings (SSSR count). The molecule has 1 aromatic carbocycles. The van der Waals surface area contributed by atoms with E-state index in [1.54, 1.807) is 12.1 Å². The van der Waals surface area contributed by atoms with Gasteiger partial charge in [-0.05, 0) is 30.3 Å². The summed E-state index contributed by atoms with van der Waals surface area (Å²) in [5.74, 6) is -3.56. The summed E-state index contributed by atoms with van der Waals surface area (Å²) in [4.78, 5) is 27.3. The van der Waals surface area contributed by atoms with Gasteiger partial charge in [0.15, 0.2) is 11.6 Å². The van der Waals surface area contributed by atoms with E-state index in [9.17, 15) is 18.4 Å². The lowest BCUT2D eigenvalue weighted by Gasteiger charge is -2.06. The SMILES string of the molecule is O=C(NNC(=O)c1cc2cc(Cl)sc2[nH]1)c1ccc(F)c(F)c1. The first-order valence-electron chi connectivity index (χ1n) is 6.28. The van der Waals surface area contributed by atoms with Crippen molar-refractivity contribution in [2.75, 3.05) is 0 Å². The van der Waals surface area contributed by atoms with Crippen LogP contribution < -0.4 is 10.9 Å². The van der Waals surface area contributed by atoms with Crippen molar-refractivity contribution in [1.29, 1.82) is 0 Å². The van der Waals surface area contributed by atoms with Gasteiger partial charge in [0.2, 0.25) is 0 Å². The first-order valence-corrected chi connectivity index (χ1v) is 7.47. The highest BCUT2D eigenvalue weighted by atomic mass is 35.5. The first kappa shape index (κ1) is 15.4. The van der Waals surface area contributed by atoms with Crippen molar-refractivity contribution >= 4 is 45.0 Å². The van der Waals surface area contributed by atoms with Crippen LogP contribution in [0.2, 0.25) is 4.34 Å². The van der Waals surface area contributed by atoms with E-state index in [-0.39, 0.29) is 11.3 Å². The zero-order valence-electron chi connectivity index (χ0n) is 11.2. The fourth-order valence-corrected chi connectivity index (χ4v) is 3.03. The molecule has 0 bridgehead atoms. The molecule has 2 aromatic heterocycles. The van der Waals surface area contributed by atoms with Gasteiger partial charge < -0.3 is 4.98 Å². The largest absolute Gasteiger partial charge is 0.342 e. The number of aromatic amines is 1. The van der Waals surface area contributed by atoms with Crippen LogP contribution in [0.15, 0.2) is 30.3 Å². The number of carbonyl (C=O) groups excluding carboxylic acids is 2. The second kappa shape index (κ2) is 5.98. The van der Waals surface area contributed by atoms with Gasteiger partial charge in [0.25, 0.3) is 11.8 Å². The lowest BCUT2D eigenvalue weighted by molar-refractivity contribution is 0.0844. The Morgan fingerprint density at radius 3 is 2.48 bits per heavy atom. The molecular formula is C14H8ClF2N3O2S. The minimum absolute atomic E-state index is 0.122. The van der Waals surface area contributed by atoms with Gasteiger partial charge in [0.1, 0.15) is 10.5 Å². The van der Waals surface area contributed by atoms with Gasteiger partial charge in [0, 0.05) is 10.9 Å². The Balaban J connectivity index is 1.66. The Bertz CT molecular complexity index is 891. The smallest absolute Gasteiger partial charge is 0.286 e. The zero-order valence-corrected chi connectivity index (χ0v) is 12.8. The van der Waals surface area contributed by atoms with E-state index in [2.05, 4.69) is 15.8 Å². The Labute approximate surface area is 137 Å². The number of hydrogen-bond acceptors (Lipinski definition) is 3. The van der Waals surface area contributed by atoms with Gasteiger partial charge >= 0.3 is 0 Å². The average molecular weight is 356 g/mol. The molecule has 0 fully saturated rings. The minimum Gasteiger partial charge on any atom is -0.342 e. The molecule has 0 radical (unpaired) electrons. The van der Waals surface area contributed by atoms with E-state index in [4.69, 9.17) is 11.6 Å². The van der Waals surface area contributed by atoms with Gasteiger partial charge in [-0.2, -0.15) is 0 Å². The van der Waals surface area contributed by atoms with Gasteiger partial charge in [0.05, 0.1) is 4.34 Å². The minimum atomic E-state index is -1.15. The molecule has 0 atom stereocenters. The van der Waals surface area contributed by atoms with Crippen LogP contribution in [-0.4, -0.2) is 16.8 Å². The predicted molar refractivity (Wildman–Crippen MR) is 82.5 cm³/mol. The maximum absolute atomic E-state index is 13.1. The molecule has 9 heteroatoms. The number of H-pyrrole nitrogens is 1. The number of halogens is 3. The number of aromatic nitrogens is 1. The molecule has 2 heterocycles. The molecule has 0 aliphatic heterocycles. The predicted octanol–water partition coefficient (Wildman–Crippen LogP) is 3.24. The van der Waals surface area contributed by atoms with Gasteiger partial charge in [-0.1, -0.05) is 11.6 Å². The van der Waals surface area contributed by atoms with Crippen LogP contribution in [-0.2, 0) is 0 Å². The maximum Gasteiger partial charge on any atom is 0.286 e. The molecule has 118 valence electrons. The van der Waals surface area contributed by atoms with Crippen LogP contribution in [0.1, 0.15) is 20.8 Å². The highest BCUT2D eigenvalue weighted by molar-refractivity contribution is 7.22. The first-order chi connectivity index (χ1) is 10.9. The van der Waals surface area contributed by atoms with Crippen molar-refractivity contribution < 1.29 is 18.4 Å². The molecule has 0 spiro atoms. The molecule has 0 aliphatic rings. The normalized spacial score (nSPS) is 10.7. The molecule has 23 heavy (non-hydrogen) atoms. The monoisotopic (exact) mass is 355 g/mol. The van der Waals surface area contributed by atoms with Crippen molar-refractivity contribution in [3.63, 3.8) is 0 Å². The Hall–Kier alpha value is -2.45. The second-order valence-corrected chi connectivity index (χ2v) is 6.24. The van der Waals surface area contributed by atoms with E-state index in [1.165, 1.54) is 11.3 Å². The summed E-state index contributed by atoms with van der Waals surface area (Å²) in [6.45, 7) is 0. The van der Waals surface area contributed by atoms with Gasteiger partial charge in [-0.3, -0.25) is 20.4 Å². The number of rotatable bonds is 2. The number of hydrazine groups is 1. The summed E-state index contributed by atoms with van der Waals surface area (Å²) < 4.78 is 26.5. The van der Waals surface area contributed by atoms with E-state index >= 15 is 0 Å². The number of nitrogens with one attached hydrogen (secondary N) is 3. The number of fused-ring (bicyclic) bond motifs is 1. The molecular weight excluding hydrogens is 348 g/mol. The van der Waals surface area contributed by atoms with Crippen molar-refractivity contribution in [1.82, 2.24) is 15.8 Å². The van der Waals surface area contributed by atoms with Gasteiger partial charge in [-0.15, -0.1) is 11.3 Å². The Morgan fingerprint density at radius 1 is 1.04 bits per heavy atom. The summed E-state index contributed by atoms with van der Waals surface area (Å²) in [6.07, 6.45) is 0. The summed E-state index contributed by atoms with van der Waals surface area (Å²) in [7, 11) is 0. The molecule has 5 nitrogen and oxygen atoms in total. The fraction of sp³-hybridized carbons (Fsp3) is 0. The molecule has 3 aromatic rings. The van der Waals surface area contributed by atoms with Crippen molar-refractivity contribution in [3.05, 3.63) is 57.6 Å². The lowest BCUT2D eigenvalue weighted by atomic mass is 10.2. The Morgan fingerprint density at radius 2 is 1.78 bits per heavy atom. The zero-order chi connectivity index (χ0) is 16.6. The van der Waals surface area contributed by atoms with E-state index in [0.29, 0.717) is 4.34 Å². The molecule has 3 N–H and O–H groups in total. The standard InChI is InChI=1S/C14H8ClF2N3O2S/c15-11-5-7-4-10(18-14(7)23-11)13(22)20-19-12(21)6-1-2-8(16)9(17)3-6/h1-5,18H,(H,19,21)(H,20,22). The third-order valence-corrected chi connectivity index (χ3v) is 4.19. The quantitative estimate of drug-likeness (QED) is 0.617. The van der Waals surface area contributed by atoms with E-state index < -0.39 is 23.4 Å².